The van der Waals surface area contributed by atoms with Crippen LogP contribution in [-0.4, -0.2) is 47.9 Å². The Kier molecular flexibility index (Phi) is 6.93. The Hall–Kier alpha value is -3.71. The molecule has 1 saturated carbocycles. The third kappa shape index (κ3) is 5.10. The number of rotatable bonds is 6. The molecule has 7 heteroatoms. The predicted molar refractivity (Wildman–Crippen MR) is 138 cm³/mol. The topological polar surface area (TPSA) is 100 Å². The first-order valence-electron chi connectivity index (χ1n) is 11.6. The highest BCUT2D eigenvalue weighted by molar-refractivity contribution is 6.06. The standard InChI is InChI=1S/C27H31N5O2/c1-4-25(33)30-24-7-5-6-17-8-9-18(16-21(17)24)23-15-14-22(28)26(31-23)27(34)29-19-10-12-20(13-11-19)32(2)3/h4-9,14-16,19-20H,1,10-13,28H2,2-3H3,(H,29,34)(H,30,33)/t19-,20+. The first-order valence-corrected chi connectivity index (χ1v) is 11.6. The molecule has 2 amide bonds. The lowest BCUT2D eigenvalue weighted by Gasteiger charge is -2.32. The molecule has 0 aliphatic heterocycles. The number of benzene rings is 2. The summed E-state index contributed by atoms with van der Waals surface area (Å²) >= 11 is 0. The van der Waals surface area contributed by atoms with Gasteiger partial charge in [0.1, 0.15) is 0 Å². The number of hydrogen-bond acceptors (Lipinski definition) is 5. The number of nitrogens with two attached hydrogens (primary N) is 1. The fraction of sp³-hybridized carbons (Fsp3) is 0.296. The van der Waals surface area contributed by atoms with E-state index in [1.807, 2.05) is 36.4 Å². The smallest absolute Gasteiger partial charge is 0.272 e. The lowest BCUT2D eigenvalue weighted by Crippen LogP contribution is -2.42. The van der Waals surface area contributed by atoms with E-state index in [-0.39, 0.29) is 23.6 Å². The number of pyridine rings is 1. The summed E-state index contributed by atoms with van der Waals surface area (Å²) < 4.78 is 0. The van der Waals surface area contributed by atoms with E-state index >= 15 is 0 Å². The number of anilines is 2. The quantitative estimate of drug-likeness (QED) is 0.482. The number of hydrogen-bond donors (Lipinski definition) is 3. The lowest BCUT2D eigenvalue weighted by atomic mass is 9.90. The third-order valence-electron chi connectivity index (χ3n) is 6.52. The van der Waals surface area contributed by atoms with Gasteiger partial charge in [-0.25, -0.2) is 4.98 Å². The lowest BCUT2D eigenvalue weighted by molar-refractivity contribution is -0.111. The summed E-state index contributed by atoms with van der Waals surface area (Å²) in [6, 6.07) is 15.8. The van der Waals surface area contributed by atoms with Gasteiger partial charge in [0.05, 0.1) is 11.4 Å². The summed E-state index contributed by atoms with van der Waals surface area (Å²) in [4.78, 5) is 31.7. The summed E-state index contributed by atoms with van der Waals surface area (Å²) in [6.07, 6.45) is 5.24. The van der Waals surface area contributed by atoms with Crippen molar-refractivity contribution in [1.82, 2.24) is 15.2 Å². The molecule has 4 N–H and O–H groups in total. The van der Waals surface area contributed by atoms with Crippen LogP contribution in [0.3, 0.4) is 0 Å². The number of nitrogens with zero attached hydrogens (tertiary/aromatic N) is 2. The fourth-order valence-corrected chi connectivity index (χ4v) is 4.53. The molecule has 1 aromatic heterocycles. The Morgan fingerprint density at radius 1 is 1.09 bits per heavy atom. The third-order valence-corrected chi connectivity index (χ3v) is 6.52. The Labute approximate surface area is 200 Å². The highest BCUT2D eigenvalue weighted by atomic mass is 16.2. The molecule has 4 rings (SSSR count). The molecule has 34 heavy (non-hydrogen) atoms. The van der Waals surface area contributed by atoms with Crippen molar-refractivity contribution in [2.75, 3.05) is 25.1 Å². The van der Waals surface area contributed by atoms with Crippen molar-refractivity contribution in [2.24, 2.45) is 0 Å². The van der Waals surface area contributed by atoms with Crippen molar-refractivity contribution >= 4 is 34.0 Å². The summed E-state index contributed by atoms with van der Waals surface area (Å²) in [6.45, 7) is 3.52. The zero-order valence-electron chi connectivity index (χ0n) is 19.7. The second-order valence-electron chi connectivity index (χ2n) is 9.01. The van der Waals surface area contributed by atoms with Crippen molar-refractivity contribution < 1.29 is 9.59 Å². The predicted octanol–water partition coefficient (Wildman–Crippen LogP) is 4.21. The maximum atomic E-state index is 13.0. The molecule has 0 radical (unpaired) electrons. The summed E-state index contributed by atoms with van der Waals surface area (Å²) in [5.41, 5.74) is 8.87. The Balaban J connectivity index is 1.58. The second-order valence-corrected chi connectivity index (χ2v) is 9.01. The number of amides is 2. The van der Waals surface area contributed by atoms with Crippen LogP contribution >= 0.6 is 0 Å². The van der Waals surface area contributed by atoms with E-state index in [4.69, 9.17) is 5.73 Å². The van der Waals surface area contributed by atoms with Crippen LogP contribution in [0, 0.1) is 0 Å². The van der Waals surface area contributed by atoms with Crippen molar-refractivity contribution in [2.45, 2.75) is 37.8 Å². The minimum atomic E-state index is -0.276. The first-order chi connectivity index (χ1) is 16.4. The van der Waals surface area contributed by atoms with Crippen molar-refractivity contribution in [3.05, 3.63) is 66.9 Å². The van der Waals surface area contributed by atoms with Crippen LogP contribution in [0.1, 0.15) is 36.2 Å². The molecule has 0 bridgehead atoms. The second kappa shape index (κ2) is 10.1. The zero-order valence-corrected chi connectivity index (χ0v) is 19.7. The van der Waals surface area contributed by atoms with Gasteiger partial charge in [0, 0.05) is 28.7 Å². The van der Waals surface area contributed by atoms with Crippen LogP contribution in [-0.2, 0) is 4.79 Å². The molecule has 1 aliphatic carbocycles. The maximum absolute atomic E-state index is 13.0. The van der Waals surface area contributed by atoms with Crippen molar-refractivity contribution in [1.29, 1.82) is 0 Å². The van der Waals surface area contributed by atoms with Gasteiger partial charge in [-0.05, 0) is 75.5 Å². The van der Waals surface area contributed by atoms with E-state index in [1.165, 1.54) is 6.08 Å². The Bertz CT molecular complexity index is 1230. The van der Waals surface area contributed by atoms with E-state index < -0.39 is 0 Å². The molecule has 0 unspecified atom stereocenters. The molecule has 0 atom stereocenters. The van der Waals surface area contributed by atoms with Crippen LogP contribution < -0.4 is 16.4 Å². The maximum Gasteiger partial charge on any atom is 0.272 e. The molecule has 7 nitrogen and oxygen atoms in total. The van der Waals surface area contributed by atoms with Crippen molar-refractivity contribution in [3.8, 4) is 11.3 Å². The molecular weight excluding hydrogens is 426 g/mol. The van der Waals surface area contributed by atoms with Crippen LogP contribution in [0.4, 0.5) is 11.4 Å². The van der Waals surface area contributed by atoms with Gasteiger partial charge in [0.25, 0.3) is 5.91 Å². The highest BCUT2D eigenvalue weighted by Crippen LogP contribution is 2.30. The Morgan fingerprint density at radius 2 is 1.85 bits per heavy atom. The summed E-state index contributed by atoms with van der Waals surface area (Å²) in [7, 11) is 4.20. The van der Waals surface area contributed by atoms with Crippen molar-refractivity contribution in [3.63, 3.8) is 0 Å². The number of carbonyl (C=O) groups is 2. The largest absolute Gasteiger partial charge is 0.397 e. The first kappa shape index (κ1) is 23.4. The SMILES string of the molecule is C=CC(=O)Nc1cccc2ccc(-c3ccc(N)c(C(=O)N[C@H]4CC[C@@H](N(C)C)CC4)n3)cc12. The summed E-state index contributed by atoms with van der Waals surface area (Å²) in [5, 5.41) is 7.82. The van der Waals surface area contributed by atoms with E-state index in [0.717, 1.165) is 42.0 Å². The van der Waals surface area contributed by atoms with E-state index in [2.05, 4.69) is 41.2 Å². The van der Waals surface area contributed by atoms with Crippen LogP contribution in [0.25, 0.3) is 22.0 Å². The van der Waals surface area contributed by atoms with Gasteiger partial charge in [-0.3, -0.25) is 9.59 Å². The molecule has 0 spiro atoms. The number of nitrogen functional groups attached to an aromatic ring is 1. The molecule has 0 saturated heterocycles. The average Bonchev–Trinajstić information content (AvgIpc) is 2.84. The zero-order chi connectivity index (χ0) is 24.2. The normalized spacial score (nSPS) is 18.0. The number of carbonyl (C=O) groups excluding carboxylic acids is 2. The van der Waals surface area contributed by atoms with Crippen LogP contribution in [0.5, 0.6) is 0 Å². The molecule has 1 fully saturated rings. The molecule has 176 valence electrons. The minimum absolute atomic E-state index is 0.130. The minimum Gasteiger partial charge on any atom is -0.397 e. The Morgan fingerprint density at radius 3 is 2.56 bits per heavy atom. The van der Waals surface area contributed by atoms with Gasteiger partial charge < -0.3 is 21.3 Å². The van der Waals surface area contributed by atoms with Gasteiger partial charge in [-0.1, -0.05) is 30.8 Å². The number of aromatic nitrogens is 1. The molecule has 3 aromatic rings. The summed E-state index contributed by atoms with van der Waals surface area (Å²) in [5.74, 6) is -0.519. The monoisotopic (exact) mass is 457 g/mol. The molecule has 1 aliphatic rings. The van der Waals surface area contributed by atoms with Gasteiger partial charge >= 0.3 is 0 Å². The van der Waals surface area contributed by atoms with Crippen LogP contribution in [0.15, 0.2) is 61.2 Å². The average molecular weight is 458 g/mol. The van der Waals surface area contributed by atoms with Gasteiger partial charge in [0.2, 0.25) is 5.91 Å². The molecule has 2 aromatic carbocycles. The highest BCUT2D eigenvalue weighted by Gasteiger charge is 2.25. The van der Waals surface area contributed by atoms with E-state index in [9.17, 15) is 9.59 Å². The molecule has 1 heterocycles. The van der Waals surface area contributed by atoms with Crippen LogP contribution in [0.2, 0.25) is 0 Å². The molecular formula is C27H31N5O2. The van der Waals surface area contributed by atoms with E-state index in [0.29, 0.717) is 23.1 Å². The number of fused-ring (bicyclic) bond motifs is 1. The van der Waals surface area contributed by atoms with E-state index in [1.54, 1.807) is 12.1 Å². The number of nitrogens with one attached hydrogen (secondary N) is 2. The van der Waals surface area contributed by atoms with Gasteiger partial charge in [-0.2, -0.15) is 0 Å². The van der Waals surface area contributed by atoms with Gasteiger partial charge in [-0.15, -0.1) is 0 Å². The van der Waals surface area contributed by atoms with Gasteiger partial charge in [0.15, 0.2) is 5.69 Å². The fourth-order valence-electron chi connectivity index (χ4n) is 4.53.